The maximum Gasteiger partial charge on any atom is 0.410 e. The molecule has 2 saturated heterocycles. The van der Waals surface area contributed by atoms with Gasteiger partial charge in [0.25, 0.3) is 0 Å². The van der Waals surface area contributed by atoms with Crippen molar-refractivity contribution >= 4 is 34.8 Å². The Labute approximate surface area is 187 Å². The van der Waals surface area contributed by atoms with Gasteiger partial charge < -0.3 is 9.64 Å². The molecule has 0 unspecified atom stereocenters. The first-order valence-corrected chi connectivity index (χ1v) is 10.9. The number of aryl methyl sites for hydroxylation is 1. The summed E-state index contributed by atoms with van der Waals surface area (Å²) >= 11 is 0. The molecule has 2 aliphatic rings. The minimum atomic E-state index is -0.496. The van der Waals surface area contributed by atoms with E-state index in [4.69, 9.17) is 4.74 Å². The summed E-state index contributed by atoms with van der Waals surface area (Å²) in [5.41, 5.74) is 1.53. The molecule has 0 atom stereocenters. The summed E-state index contributed by atoms with van der Waals surface area (Å²) in [4.78, 5) is 41.7. The quantitative estimate of drug-likeness (QED) is 0.781. The van der Waals surface area contributed by atoms with E-state index in [0.29, 0.717) is 25.5 Å². The van der Waals surface area contributed by atoms with Gasteiger partial charge in [-0.1, -0.05) is 6.07 Å². The maximum absolute atomic E-state index is 12.3. The molecule has 1 aromatic carbocycles. The van der Waals surface area contributed by atoms with Crippen LogP contribution in [0.15, 0.2) is 18.2 Å². The van der Waals surface area contributed by atoms with Crippen molar-refractivity contribution in [1.82, 2.24) is 24.9 Å². The molecule has 0 saturated carbocycles. The lowest BCUT2D eigenvalue weighted by atomic mass is 10.1. The number of ether oxygens (including phenoxy) is 1. The summed E-state index contributed by atoms with van der Waals surface area (Å²) in [7, 11) is 1.84. The van der Waals surface area contributed by atoms with Crippen molar-refractivity contribution in [3.63, 3.8) is 0 Å². The largest absolute Gasteiger partial charge is 0.444 e. The Morgan fingerprint density at radius 2 is 1.84 bits per heavy atom. The number of urea groups is 1. The third-order valence-corrected chi connectivity index (χ3v) is 5.64. The molecule has 0 spiro atoms. The minimum Gasteiger partial charge on any atom is -0.444 e. The molecule has 0 radical (unpaired) electrons. The Hall–Kier alpha value is -3.14. The number of carbonyl (C=O) groups excluding carboxylic acids is 3. The summed E-state index contributed by atoms with van der Waals surface area (Å²) in [6.07, 6.45) is -0.0114. The molecule has 1 aromatic heterocycles. The highest BCUT2D eigenvalue weighted by Crippen LogP contribution is 2.28. The lowest BCUT2D eigenvalue weighted by molar-refractivity contribution is -0.120. The third-order valence-electron chi connectivity index (χ3n) is 5.64. The highest BCUT2D eigenvalue weighted by Gasteiger charge is 2.29. The molecule has 2 fully saturated rings. The monoisotopic (exact) mass is 442 g/mol. The van der Waals surface area contributed by atoms with E-state index in [1.165, 1.54) is 4.90 Å². The maximum atomic E-state index is 12.3. The zero-order valence-electron chi connectivity index (χ0n) is 19.1. The molecule has 0 aliphatic carbocycles. The zero-order chi connectivity index (χ0) is 23.0. The van der Waals surface area contributed by atoms with Crippen molar-refractivity contribution in [2.24, 2.45) is 7.05 Å². The molecule has 2 aliphatic heterocycles. The van der Waals surface area contributed by atoms with Crippen molar-refractivity contribution in [3.05, 3.63) is 23.8 Å². The SMILES string of the molecule is Cn1nc(N2CCC(=O)NC2=O)c2cc(CN3CCN(C(=O)OC(C)(C)C)CC3)ccc21. The number of carbonyl (C=O) groups is 3. The molecule has 10 heteroatoms. The van der Waals surface area contributed by atoms with Gasteiger partial charge in [-0.3, -0.25) is 24.6 Å². The van der Waals surface area contributed by atoms with E-state index in [2.05, 4.69) is 27.4 Å². The van der Waals surface area contributed by atoms with Gasteiger partial charge in [-0.25, -0.2) is 9.59 Å². The number of nitrogens with one attached hydrogen (secondary N) is 1. The number of aromatic nitrogens is 2. The topological polar surface area (TPSA) is 100 Å². The van der Waals surface area contributed by atoms with Crippen LogP contribution in [0.2, 0.25) is 0 Å². The average molecular weight is 443 g/mol. The fourth-order valence-corrected chi connectivity index (χ4v) is 4.03. The van der Waals surface area contributed by atoms with Crippen molar-refractivity contribution in [2.45, 2.75) is 39.3 Å². The lowest BCUT2D eigenvalue weighted by Crippen LogP contribution is -2.49. The van der Waals surface area contributed by atoms with Gasteiger partial charge in [0, 0.05) is 58.1 Å². The molecule has 4 amide bonds. The number of nitrogens with zero attached hydrogens (tertiary/aromatic N) is 5. The van der Waals surface area contributed by atoms with E-state index in [9.17, 15) is 14.4 Å². The normalized spacial score (nSPS) is 18.2. The predicted molar refractivity (Wildman–Crippen MR) is 119 cm³/mol. The number of hydrogen-bond donors (Lipinski definition) is 1. The summed E-state index contributed by atoms with van der Waals surface area (Å²) < 4.78 is 7.22. The molecule has 1 N–H and O–H groups in total. The second-order valence-electron chi connectivity index (χ2n) is 9.30. The van der Waals surface area contributed by atoms with E-state index in [0.717, 1.165) is 36.1 Å². The lowest BCUT2D eigenvalue weighted by Gasteiger charge is -2.35. The van der Waals surface area contributed by atoms with Crippen LogP contribution in [0.3, 0.4) is 0 Å². The Balaban J connectivity index is 1.45. The average Bonchev–Trinajstić information content (AvgIpc) is 3.03. The van der Waals surface area contributed by atoms with E-state index in [-0.39, 0.29) is 18.4 Å². The van der Waals surface area contributed by atoms with E-state index in [1.807, 2.05) is 33.9 Å². The van der Waals surface area contributed by atoms with Crippen LogP contribution in [0.1, 0.15) is 32.8 Å². The zero-order valence-corrected chi connectivity index (χ0v) is 19.1. The van der Waals surface area contributed by atoms with Crippen molar-refractivity contribution < 1.29 is 19.1 Å². The number of piperazine rings is 1. The van der Waals surface area contributed by atoms with Crippen LogP contribution in [0.5, 0.6) is 0 Å². The molecular weight excluding hydrogens is 412 g/mol. The number of hydrogen-bond acceptors (Lipinski definition) is 6. The van der Waals surface area contributed by atoms with Gasteiger partial charge in [0.05, 0.1) is 5.52 Å². The first-order chi connectivity index (χ1) is 15.1. The Morgan fingerprint density at radius 1 is 1.12 bits per heavy atom. The summed E-state index contributed by atoms with van der Waals surface area (Å²) in [6, 6.07) is 5.69. The number of imide groups is 1. The Kier molecular flexibility index (Phi) is 5.81. The fraction of sp³-hybridized carbons (Fsp3) is 0.545. The second kappa shape index (κ2) is 8.42. The van der Waals surface area contributed by atoms with Crippen LogP contribution in [-0.4, -0.2) is 75.9 Å². The third kappa shape index (κ3) is 4.69. The Bertz CT molecular complexity index is 1050. The highest BCUT2D eigenvalue weighted by molar-refractivity contribution is 6.08. The van der Waals surface area contributed by atoms with Gasteiger partial charge in [0.2, 0.25) is 5.91 Å². The second-order valence-corrected chi connectivity index (χ2v) is 9.30. The van der Waals surface area contributed by atoms with Crippen LogP contribution in [0, 0.1) is 0 Å². The summed E-state index contributed by atoms with van der Waals surface area (Å²) in [5.74, 6) is 0.293. The molecule has 10 nitrogen and oxygen atoms in total. The molecule has 32 heavy (non-hydrogen) atoms. The first-order valence-electron chi connectivity index (χ1n) is 10.9. The van der Waals surface area contributed by atoms with Crippen LogP contribution in [0.4, 0.5) is 15.4 Å². The van der Waals surface area contributed by atoms with Gasteiger partial charge in [0.1, 0.15) is 5.60 Å². The number of fused-ring (bicyclic) bond motifs is 1. The number of anilines is 1. The van der Waals surface area contributed by atoms with Gasteiger partial charge in [-0.2, -0.15) is 5.10 Å². The number of benzene rings is 1. The van der Waals surface area contributed by atoms with Crippen LogP contribution in [-0.2, 0) is 23.1 Å². The van der Waals surface area contributed by atoms with E-state index >= 15 is 0 Å². The molecule has 0 bridgehead atoms. The molecule has 3 heterocycles. The first kappa shape index (κ1) is 22.1. The summed E-state index contributed by atoms with van der Waals surface area (Å²) in [6.45, 7) is 9.42. The van der Waals surface area contributed by atoms with Gasteiger partial charge in [-0.05, 0) is 38.5 Å². The van der Waals surface area contributed by atoms with E-state index in [1.54, 1.807) is 9.58 Å². The molecule has 4 rings (SSSR count). The smallest absolute Gasteiger partial charge is 0.410 e. The van der Waals surface area contributed by atoms with Crippen molar-refractivity contribution in [2.75, 3.05) is 37.6 Å². The molecular formula is C22H30N6O4. The van der Waals surface area contributed by atoms with Crippen LogP contribution >= 0.6 is 0 Å². The van der Waals surface area contributed by atoms with Crippen LogP contribution < -0.4 is 10.2 Å². The van der Waals surface area contributed by atoms with Gasteiger partial charge >= 0.3 is 12.1 Å². The fourth-order valence-electron chi connectivity index (χ4n) is 4.03. The molecule has 2 aromatic rings. The standard InChI is InChI=1S/C22H30N6O4/c1-22(2,3)32-21(31)27-11-9-26(10-12-27)14-15-5-6-17-16(13-15)19(24-25(17)4)28-8-7-18(29)23-20(28)30/h5-6,13H,7-12,14H2,1-4H3,(H,23,29,30). The van der Waals surface area contributed by atoms with Crippen molar-refractivity contribution in [1.29, 1.82) is 0 Å². The highest BCUT2D eigenvalue weighted by atomic mass is 16.6. The van der Waals surface area contributed by atoms with Gasteiger partial charge in [0.15, 0.2) is 5.82 Å². The Morgan fingerprint density at radius 3 is 2.50 bits per heavy atom. The van der Waals surface area contributed by atoms with Crippen molar-refractivity contribution in [3.8, 4) is 0 Å². The molecule has 172 valence electrons. The van der Waals surface area contributed by atoms with Crippen LogP contribution in [0.25, 0.3) is 10.9 Å². The van der Waals surface area contributed by atoms with Gasteiger partial charge in [-0.15, -0.1) is 0 Å². The predicted octanol–water partition coefficient (Wildman–Crippen LogP) is 2.07. The van der Waals surface area contributed by atoms with E-state index < -0.39 is 11.6 Å². The number of rotatable bonds is 3. The minimum absolute atomic E-state index is 0.255. The summed E-state index contributed by atoms with van der Waals surface area (Å²) in [5, 5.41) is 7.77. The number of amides is 4.